The van der Waals surface area contributed by atoms with Crippen molar-refractivity contribution in [2.45, 2.75) is 26.8 Å². The summed E-state index contributed by atoms with van der Waals surface area (Å²) in [6, 6.07) is 6.68. The second-order valence-corrected chi connectivity index (χ2v) is 4.68. The van der Waals surface area contributed by atoms with E-state index < -0.39 is 0 Å². The van der Waals surface area contributed by atoms with Gasteiger partial charge in [-0.15, -0.1) is 0 Å². The van der Waals surface area contributed by atoms with E-state index in [0.29, 0.717) is 6.04 Å². The van der Waals surface area contributed by atoms with E-state index in [1.165, 1.54) is 11.3 Å². The molecule has 0 bridgehead atoms. The molecule has 1 aromatic carbocycles. The molecule has 0 saturated heterocycles. The molecule has 2 nitrogen and oxygen atoms in total. The molecule has 0 aliphatic rings. The summed E-state index contributed by atoms with van der Waals surface area (Å²) in [4.78, 5) is 2.24. The molecule has 0 unspecified atom stereocenters. The first-order chi connectivity index (χ1) is 8.51. The Bertz CT molecular complexity index is 446. The summed E-state index contributed by atoms with van der Waals surface area (Å²) in [5, 5.41) is 0. The largest absolute Gasteiger partial charge is 0.496 e. The molecule has 2 heteroatoms. The van der Waals surface area contributed by atoms with Gasteiger partial charge in [-0.1, -0.05) is 12.7 Å². The maximum atomic E-state index is 5.29. The number of hydrogen-bond donors (Lipinski definition) is 0. The van der Waals surface area contributed by atoms with Crippen molar-refractivity contribution in [3.63, 3.8) is 0 Å². The first kappa shape index (κ1) is 14.4. The number of rotatable bonds is 5. The minimum absolute atomic E-state index is 0.443. The van der Waals surface area contributed by atoms with Crippen molar-refractivity contribution in [3.8, 4) is 5.75 Å². The van der Waals surface area contributed by atoms with Gasteiger partial charge < -0.3 is 9.64 Å². The molecule has 0 aromatic heterocycles. The zero-order valence-corrected chi connectivity index (χ0v) is 12.0. The summed E-state index contributed by atoms with van der Waals surface area (Å²) < 4.78 is 5.29. The summed E-state index contributed by atoms with van der Waals surface area (Å²) in [7, 11) is 3.79. The summed E-state index contributed by atoms with van der Waals surface area (Å²) >= 11 is 0. The highest BCUT2D eigenvalue weighted by Gasteiger charge is 2.11. The van der Waals surface area contributed by atoms with Crippen LogP contribution in [0.4, 0.5) is 0 Å². The molecule has 0 amide bonds. The molecule has 0 spiro atoms. The third-order valence-corrected chi connectivity index (χ3v) is 3.12. The highest BCUT2D eigenvalue weighted by atomic mass is 16.5. The van der Waals surface area contributed by atoms with Crippen LogP contribution in [-0.4, -0.2) is 25.1 Å². The van der Waals surface area contributed by atoms with Crippen molar-refractivity contribution in [1.82, 2.24) is 4.90 Å². The fourth-order valence-electron chi connectivity index (χ4n) is 1.84. The molecule has 0 N–H and O–H groups in total. The van der Waals surface area contributed by atoms with Gasteiger partial charge in [0.05, 0.1) is 7.11 Å². The standard InChI is InChI=1S/C16H23NO/c1-7-8-15(17(5)12(2)3)14-9-10-16(18-6)13(4)11-14/h7-12H,1H2,2-6H3/b15-8-. The van der Waals surface area contributed by atoms with Crippen LogP contribution < -0.4 is 4.74 Å². The first-order valence-electron chi connectivity index (χ1n) is 6.21. The van der Waals surface area contributed by atoms with E-state index in [-0.39, 0.29) is 0 Å². The third-order valence-electron chi connectivity index (χ3n) is 3.12. The molecule has 0 fully saturated rings. The van der Waals surface area contributed by atoms with Crippen LogP contribution in [0.1, 0.15) is 25.0 Å². The van der Waals surface area contributed by atoms with Crippen LogP contribution in [0, 0.1) is 6.92 Å². The van der Waals surface area contributed by atoms with Gasteiger partial charge in [0, 0.05) is 18.8 Å². The fourth-order valence-corrected chi connectivity index (χ4v) is 1.84. The quantitative estimate of drug-likeness (QED) is 0.730. The number of hydrogen-bond acceptors (Lipinski definition) is 2. The summed E-state index contributed by atoms with van der Waals surface area (Å²) in [5.74, 6) is 0.920. The van der Waals surface area contributed by atoms with Crippen LogP contribution in [0.25, 0.3) is 5.70 Å². The van der Waals surface area contributed by atoms with Crippen LogP contribution in [0.2, 0.25) is 0 Å². The molecule has 0 heterocycles. The average Bonchev–Trinajstić information content (AvgIpc) is 2.35. The summed E-state index contributed by atoms with van der Waals surface area (Å²) in [6.45, 7) is 10.2. The average molecular weight is 245 g/mol. The van der Waals surface area contributed by atoms with E-state index in [1.54, 1.807) is 7.11 Å². The molecule has 0 radical (unpaired) electrons. The molecular formula is C16H23NO. The summed E-state index contributed by atoms with van der Waals surface area (Å²) in [6.07, 6.45) is 3.87. The smallest absolute Gasteiger partial charge is 0.121 e. The lowest BCUT2D eigenvalue weighted by Gasteiger charge is -2.27. The Kier molecular flexibility index (Phi) is 5.02. The van der Waals surface area contributed by atoms with Crippen LogP contribution in [0.3, 0.4) is 0 Å². The number of ether oxygens (including phenoxy) is 1. The Morgan fingerprint density at radius 3 is 2.50 bits per heavy atom. The molecule has 0 aliphatic carbocycles. The number of methoxy groups -OCH3 is 1. The van der Waals surface area contributed by atoms with Crippen molar-refractivity contribution in [2.24, 2.45) is 0 Å². The minimum Gasteiger partial charge on any atom is -0.496 e. The van der Waals surface area contributed by atoms with Gasteiger partial charge in [-0.25, -0.2) is 0 Å². The Labute approximate surface area is 111 Å². The monoisotopic (exact) mass is 245 g/mol. The van der Waals surface area contributed by atoms with E-state index in [2.05, 4.69) is 51.4 Å². The van der Waals surface area contributed by atoms with E-state index in [1.807, 2.05) is 18.2 Å². The lowest BCUT2D eigenvalue weighted by Crippen LogP contribution is -2.24. The highest BCUT2D eigenvalue weighted by Crippen LogP contribution is 2.25. The molecule has 0 atom stereocenters. The number of aryl methyl sites for hydroxylation is 1. The predicted molar refractivity (Wildman–Crippen MR) is 78.8 cm³/mol. The Hall–Kier alpha value is -1.70. The Morgan fingerprint density at radius 1 is 1.39 bits per heavy atom. The zero-order valence-electron chi connectivity index (χ0n) is 12.0. The molecule has 0 saturated carbocycles. The first-order valence-corrected chi connectivity index (χ1v) is 6.21. The van der Waals surface area contributed by atoms with Gasteiger partial charge in [0.1, 0.15) is 5.75 Å². The van der Waals surface area contributed by atoms with Crippen molar-refractivity contribution >= 4 is 5.70 Å². The van der Waals surface area contributed by atoms with E-state index in [4.69, 9.17) is 4.74 Å². The highest BCUT2D eigenvalue weighted by molar-refractivity contribution is 5.67. The van der Waals surface area contributed by atoms with Crippen LogP contribution in [0.5, 0.6) is 5.75 Å². The van der Waals surface area contributed by atoms with Crippen molar-refractivity contribution in [3.05, 3.63) is 48.1 Å². The van der Waals surface area contributed by atoms with Gasteiger partial charge in [-0.2, -0.15) is 0 Å². The summed E-state index contributed by atoms with van der Waals surface area (Å²) in [5.41, 5.74) is 3.50. The van der Waals surface area contributed by atoms with E-state index in [0.717, 1.165) is 11.3 Å². The van der Waals surface area contributed by atoms with Crippen molar-refractivity contribution in [2.75, 3.05) is 14.2 Å². The molecular weight excluding hydrogens is 222 g/mol. The molecule has 1 aromatic rings. The van der Waals surface area contributed by atoms with Gasteiger partial charge in [0.25, 0.3) is 0 Å². The van der Waals surface area contributed by atoms with Crippen LogP contribution in [-0.2, 0) is 0 Å². The fraction of sp³-hybridized carbons (Fsp3) is 0.375. The maximum Gasteiger partial charge on any atom is 0.121 e. The predicted octanol–water partition coefficient (Wildman–Crippen LogP) is 3.87. The number of nitrogens with zero attached hydrogens (tertiary/aromatic N) is 1. The second kappa shape index (κ2) is 6.29. The van der Waals surface area contributed by atoms with Gasteiger partial charge in [0.2, 0.25) is 0 Å². The molecule has 18 heavy (non-hydrogen) atoms. The third kappa shape index (κ3) is 3.16. The van der Waals surface area contributed by atoms with Gasteiger partial charge >= 0.3 is 0 Å². The Balaban J connectivity index is 3.19. The SMILES string of the molecule is C=C/C=C(/c1ccc(OC)c(C)c1)N(C)C(C)C. The molecule has 0 aliphatic heterocycles. The maximum absolute atomic E-state index is 5.29. The van der Waals surface area contributed by atoms with E-state index in [9.17, 15) is 0 Å². The van der Waals surface area contributed by atoms with Crippen molar-refractivity contribution < 1.29 is 4.74 Å². The van der Waals surface area contributed by atoms with Gasteiger partial charge in [-0.3, -0.25) is 0 Å². The molecule has 98 valence electrons. The zero-order chi connectivity index (χ0) is 13.7. The van der Waals surface area contributed by atoms with Gasteiger partial charge in [0.15, 0.2) is 0 Å². The van der Waals surface area contributed by atoms with E-state index >= 15 is 0 Å². The van der Waals surface area contributed by atoms with Crippen molar-refractivity contribution in [1.29, 1.82) is 0 Å². The van der Waals surface area contributed by atoms with Crippen LogP contribution in [0.15, 0.2) is 36.9 Å². The normalized spacial score (nSPS) is 11.6. The number of allylic oxidation sites excluding steroid dienone is 2. The minimum atomic E-state index is 0.443. The molecule has 1 rings (SSSR count). The second-order valence-electron chi connectivity index (χ2n) is 4.68. The van der Waals surface area contributed by atoms with Crippen LogP contribution >= 0.6 is 0 Å². The topological polar surface area (TPSA) is 12.5 Å². The number of benzene rings is 1. The van der Waals surface area contributed by atoms with Gasteiger partial charge in [-0.05, 0) is 56.2 Å². The lowest BCUT2D eigenvalue weighted by atomic mass is 10.1. The lowest BCUT2D eigenvalue weighted by molar-refractivity contribution is 0.396. The Morgan fingerprint density at radius 2 is 2.06 bits per heavy atom.